The van der Waals surface area contributed by atoms with Crippen molar-refractivity contribution in [3.05, 3.63) is 23.8 Å². The zero-order valence-corrected chi connectivity index (χ0v) is 7.38. The molecule has 0 saturated heterocycles. The largest absolute Gasteiger partial charge is 0.316 e. The van der Waals surface area contributed by atoms with Crippen LogP contribution in [0.15, 0.2) is 23.8 Å². The molecule has 0 unspecified atom stereocenters. The summed E-state index contributed by atoms with van der Waals surface area (Å²) in [4.78, 5) is 0. The van der Waals surface area contributed by atoms with Crippen molar-refractivity contribution in [2.45, 2.75) is 32.9 Å². The first kappa shape index (κ1) is 10.4. The van der Waals surface area contributed by atoms with Crippen molar-refractivity contribution in [1.29, 1.82) is 0 Å². The maximum absolute atomic E-state index is 5.41. The van der Waals surface area contributed by atoms with Crippen LogP contribution in [0.5, 0.6) is 0 Å². The molecule has 64 valence electrons. The fraction of sp³-hybridized carbons (Fsp3) is 0.556. The molecule has 0 aliphatic rings. The van der Waals surface area contributed by atoms with Crippen LogP contribution in [0, 0.1) is 0 Å². The van der Waals surface area contributed by atoms with Gasteiger partial charge in [-0.25, -0.2) is 0 Å². The Hall–Kier alpha value is -0.600. The van der Waals surface area contributed by atoms with Crippen molar-refractivity contribution in [3.8, 4) is 0 Å². The lowest BCUT2D eigenvalue weighted by atomic mass is 10.1. The highest BCUT2D eigenvalue weighted by atomic mass is 14.8. The zero-order chi connectivity index (χ0) is 8.69. The predicted molar refractivity (Wildman–Crippen MR) is 50.0 cm³/mol. The SMILES string of the molecule is CC/C=C\C=C(\C)CC(N)N. The molecule has 0 aromatic carbocycles. The molecule has 0 fully saturated rings. The maximum Gasteiger partial charge on any atom is 0.0559 e. The van der Waals surface area contributed by atoms with Gasteiger partial charge < -0.3 is 11.5 Å². The second-order valence-corrected chi connectivity index (χ2v) is 2.72. The minimum atomic E-state index is -0.221. The van der Waals surface area contributed by atoms with Gasteiger partial charge in [0.25, 0.3) is 0 Å². The molecule has 2 nitrogen and oxygen atoms in total. The van der Waals surface area contributed by atoms with Crippen LogP contribution < -0.4 is 11.5 Å². The molecular weight excluding hydrogens is 136 g/mol. The minimum absolute atomic E-state index is 0.221. The highest BCUT2D eigenvalue weighted by Gasteiger charge is 1.93. The van der Waals surface area contributed by atoms with Gasteiger partial charge in [-0.1, -0.05) is 30.7 Å². The second-order valence-electron chi connectivity index (χ2n) is 2.72. The summed E-state index contributed by atoms with van der Waals surface area (Å²) in [6.45, 7) is 4.14. The molecule has 0 aliphatic heterocycles. The van der Waals surface area contributed by atoms with Gasteiger partial charge in [0.1, 0.15) is 0 Å². The van der Waals surface area contributed by atoms with Crippen LogP contribution in [0.2, 0.25) is 0 Å². The van der Waals surface area contributed by atoms with E-state index < -0.39 is 0 Å². The minimum Gasteiger partial charge on any atom is -0.316 e. The van der Waals surface area contributed by atoms with Gasteiger partial charge in [0.15, 0.2) is 0 Å². The molecule has 0 heterocycles. The molecular formula is C9H18N2. The quantitative estimate of drug-likeness (QED) is 0.476. The van der Waals surface area contributed by atoms with Crippen molar-refractivity contribution in [1.82, 2.24) is 0 Å². The van der Waals surface area contributed by atoms with Crippen molar-refractivity contribution in [2.24, 2.45) is 11.5 Å². The third-order valence-corrected chi connectivity index (χ3v) is 1.31. The van der Waals surface area contributed by atoms with Crippen molar-refractivity contribution < 1.29 is 0 Å². The number of nitrogens with two attached hydrogens (primary N) is 2. The van der Waals surface area contributed by atoms with Crippen LogP contribution >= 0.6 is 0 Å². The van der Waals surface area contributed by atoms with Gasteiger partial charge >= 0.3 is 0 Å². The summed E-state index contributed by atoms with van der Waals surface area (Å²) in [5.74, 6) is 0. The Morgan fingerprint density at radius 2 is 2.09 bits per heavy atom. The first-order valence-corrected chi connectivity index (χ1v) is 4.00. The number of hydrogen-bond donors (Lipinski definition) is 2. The summed E-state index contributed by atoms with van der Waals surface area (Å²) in [5, 5.41) is 0. The zero-order valence-electron chi connectivity index (χ0n) is 7.38. The van der Waals surface area contributed by atoms with E-state index in [1.807, 2.05) is 13.0 Å². The standard InChI is InChI=1S/C9H18N2/c1-3-4-5-6-8(2)7-9(10)11/h4-6,9H,3,7,10-11H2,1-2H3/b5-4-,8-6-. The van der Waals surface area contributed by atoms with Gasteiger partial charge in [0.05, 0.1) is 6.17 Å². The second kappa shape index (κ2) is 6.13. The van der Waals surface area contributed by atoms with Crippen LogP contribution in [0.25, 0.3) is 0 Å². The Kier molecular flexibility index (Phi) is 5.80. The molecule has 0 bridgehead atoms. The third kappa shape index (κ3) is 7.30. The lowest BCUT2D eigenvalue weighted by Crippen LogP contribution is -2.30. The highest BCUT2D eigenvalue weighted by molar-refractivity contribution is 5.10. The van der Waals surface area contributed by atoms with E-state index in [9.17, 15) is 0 Å². The lowest BCUT2D eigenvalue weighted by molar-refractivity contribution is 0.698. The first-order chi connectivity index (χ1) is 5.16. The van der Waals surface area contributed by atoms with Gasteiger partial charge in [0, 0.05) is 0 Å². The number of rotatable bonds is 4. The van der Waals surface area contributed by atoms with E-state index in [0.717, 1.165) is 12.8 Å². The summed E-state index contributed by atoms with van der Waals surface area (Å²) < 4.78 is 0. The van der Waals surface area contributed by atoms with Gasteiger partial charge in [0.2, 0.25) is 0 Å². The van der Waals surface area contributed by atoms with Crippen LogP contribution in [-0.4, -0.2) is 6.17 Å². The Morgan fingerprint density at radius 3 is 2.55 bits per heavy atom. The molecule has 0 rings (SSSR count). The van der Waals surface area contributed by atoms with Gasteiger partial charge in [-0.15, -0.1) is 0 Å². The van der Waals surface area contributed by atoms with Crippen LogP contribution in [0.3, 0.4) is 0 Å². The van der Waals surface area contributed by atoms with E-state index in [1.165, 1.54) is 5.57 Å². The molecule has 0 spiro atoms. The average molecular weight is 154 g/mol. The predicted octanol–water partition coefficient (Wildman–Crippen LogP) is 1.53. The smallest absolute Gasteiger partial charge is 0.0559 e. The fourth-order valence-corrected chi connectivity index (χ4v) is 0.808. The Bertz CT molecular complexity index is 146. The van der Waals surface area contributed by atoms with Crippen molar-refractivity contribution in [2.75, 3.05) is 0 Å². The summed E-state index contributed by atoms with van der Waals surface area (Å²) in [6.07, 6.45) is 7.81. The van der Waals surface area contributed by atoms with Crippen LogP contribution in [0.4, 0.5) is 0 Å². The monoisotopic (exact) mass is 154 g/mol. The van der Waals surface area contributed by atoms with Gasteiger partial charge in [-0.3, -0.25) is 0 Å². The third-order valence-electron chi connectivity index (χ3n) is 1.31. The molecule has 11 heavy (non-hydrogen) atoms. The molecule has 0 atom stereocenters. The molecule has 2 heteroatoms. The number of hydrogen-bond acceptors (Lipinski definition) is 2. The van der Waals surface area contributed by atoms with E-state index in [1.54, 1.807) is 0 Å². The molecule has 0 saturated carbocycles. The molecule has 0 radical (unpaired) electrons. The Morgan fingerprint density at radius 1 is 1.45 bits per heavy atom. The summed E-state index contributed by atoms with van der Waals surface area (Å²) in [6, 6.07) is 0. The van der Waals surface area contributed by atoms with E-state index in [2.05, 4.69) is 19.1 Å². The summed E-state index contributed by atoms with van der Waals surface area (Å²) in [7, 11) is 0. The normalized spacial score (nSPS) is 13.4. The van der Waals surface area contributed by atoms with Crippen molar-refractivity contribution in [3.63, 3.8) is 0 Å². The Labute approximate surface area is 69.0 Å². The van der Waals surface area contributed by atoms with E-state index in [-0.39, 0.29) is 6.17 Å². The van der Waals surface area contributed by atoms with Crippen molar-refractivity contribution >= 4 is 0 Å². The van der Waals surface area contributed by atoms with Gasteiger partial charge in [-0.05, 0) is 19.8 Å². The maximum atomic E-state index is 5.41. The molecule has 0 aromatic rings. The van der Waals surface area contributed by atoms with Gasteiger partial charge in [-0.2, -0.15) is 0 Å². The highest BCUT2D eigenvalue weighted by Crippen LogP contribution is 1.99. The van der Waals surface area contributed by atoms with E-state index in [0.29, 0.717) is 0 Å². The molecule has 0 aliphatic carbocycles. The lowest BCUT2D eigenvalue weighted by Gasteiger charge is -2.03. The molecule has 4 N–H and O–H groups in total. The van der Waals surface area contributed by atoms with Crippen LogP contribution in [-0.2, 0) is 0 Å². The topological polar surface area (TPSA) is 52.0 Å². The Balaban J connectivity index is 3.71. The van der Waals surface area contributed by atoms with E-state index in [4.69, 9.17) is 11.5 Å². The summed E-state index contributed by atoms with van der Waals surface area (Å²) >= 11 is 0. The average Bonchev–Trinajstić information content (AvgIpc) is 1.86. The molecule has 0 amide bonds. The first-order valence-electron chi connectivity index (χ1n) is 4.00. The molecule has 0 aromatic heterocycles. The van der Waals surface area contributed by atoms with E-state index >= 15 is 0 Å². The fourth-order valence-electron chi connectivity index (χ4n) is 0.808. The number of allylic oxidation sites excluding steroid dienone is 3. The van der Waals surface area contributed by atoms with Crippen LogP contribution in [0.1, 0.15) is 26.7 Å². The summed E-state index contributed by atoms with van der Waals surface area (Å²) in [5.41, 5.74) is 12.0.